The third kappa shape index (κ3) is 2.87. The van der Waals surface area contributed by atoms with Crippen LogP contribution in [0.5, 0.6) is 5.88 Å². The van der Waals surface area contributed by atoms with Gasteiger partial charge in [-0.2, -0.15) is 0 Å². The lowest BCUT2D eigenvalue weighted by atomic mass is 9.98. The molecule has 0 unspecified atom stereocenters. The first-order valence-electron chi connectivity index (χ1n) is 7.02. The molecule has 0 atom stereocenters. The van der Waals surface area contributed by atoms with E-state index >= 15 is 0 Å². The van der Waals surface area contributed by atoms with E-state index in [-0.39, 0.29) is 0 Å². The van der Waals surface area contributed by atoms with Crippen LogP contribution < -0.4 is 10.5 Å². The molecular weight excluding hydrogens is 252 g/mol. The fourth-order valence-corrected chi connectivity index (χ4v) is 2.52. The summed E-state index contributed by atoms with van der Waals surface area (Å²) < 4.78 is 5.90. The summed E-state index contributed by atoms with van der Waals surface area (Å²) in [6, 6.07) is 3.80. The van der Waals surface area contributed by atoms with E-state index in [4.69, 9.17) is 10.5 Å². The van der Waals surface area contributed by atoms with Crippen LogP contribution in [0.3, 0.4) is 0 Å². The molecule has 0 amide bonds. The maximum absolute atomic E-state index is 5.90. The van der Waals surface area contributed by atoms with Crippen LogP contribution in [-0.2, 0) is 0 Å². The molecule has 2 N–H and O–H groups in total. The van der Waals surface area contributed by atoms with Crippen LogP contribution in [-0.4, -0.2) is 21.1 Å². The molecule has 0 saturated heterocycles. The van der Waals surface area contributed by atoms with Crippen molar-refractivity contribution >= 4 is 5.82 Å². The van der Waals surface area contributed by atoms with Gasteiger partial charge in [0.1, 0.15) is 17.6 Å². The fraction of sp³-hybridized carbons (Fsp3) is 0.400. The molecule has 0 bridgehead atoms. The first-order valence-corrected chi connectivity index (χ1v) is 7.02. The minimum absolute atomic E-state index is 0.309. The number of aromatic nitrogens is 3. The Bertz CT molecular complexity index is 564. The molecule has 2 aromatic rings. The van der Waals surface area contributed by atoms with Gasteiger partial charge in [0.05, 0.1) is 0 Å². The molecule has 1 aliphatic rings. The summed E-state index contributed by atoms with van der Waals surface area (Å²) in [6.45, 7) is 0. The molecule has 5 heteroatoms. The molecule has 0 spiro atoms. The van der Waals surface area contributed by atoms with Crippen molar-refractivity contribution in [2.24, 2.45) is 0 Å². The molecule has 1 saturated carbocycles. The van der Waals surface area contributed by atoms with Gasteiger partial charge in [-0.15, -0.1) is 0 Å². The summed E-state index contributed by atoms with van der Waals surface area (Å²) in [5.74, 6) is 1.08. The van der Waals surface area contributed by atoms with Gasteiger partial charge in [-0.25, -0.2) is 9.97 Å². The molecule has 2 heterocycles. The Hall–Kier alpha value is -2.17. The summed E-state index contributed by atoms with van der Waals surface area (Å²) in [5, 5.41) is 0. The average molecular weight is 270 g/mol. The molecule has 0 aromatic carbocycles. The number of nitrogen functional groups attached to an aromatic ring is 1. The van der Waals surface area contributed by atoms with Crippen LogP contribution in [0.4, 0.5) is 5.82 Å². The number of anilines is 1. The van der Waals surface area contributed by atoms with Crippen molar-refractivity contribution < 1.29 is 4.74 Å². The molecule has 2 aromatic heterocycles. The van der Waals surface area contributed by atoms with Gasteiger partial charge in [0, 0.05) is 30.2 Å². The molecule has 20 heavy (non-hydrogen) atoms. The van der Waals surface area contributed by atoms with Crippen molar-refractivity contribution in [3.8, 4) is 17.1 Å². The minimum atomic E-state index is 0.309. The second-order valence-electron chi connectivity index (χ2n) is 5.05. The van der Waals surface area contributed by atoms with Crippen LogP contribution in [0.15, 0.2) is 30.7 Å². The van der Waals surface area contributed by atoms with Crippen molar-refractivity contribution in [3.05, 3.63) is 30.7 Å². The summed E-state index contributed by atoms with van der Waals surface area (Å²) in [4.78, 5) is 12.6. The minimum Gasteiger partial charge on any atom is -0.474 e. The standard InChI is InChI=1S/C15H18N4O/c16-15-14(17-8-9-18-15)11-6-7-13(19-10-11)20-12-4-2-1-3-5-12/h6-10,12H,1-5H2,(H2,16,18). The van der Waals surface area contributed by atoms with Crippen molar-refractivity contribution in [2.45, 2.75) is 38.2 Å². The number of hydrogen-bond acceptors (Lipinski definition) is 5. The zero-order chi connectivity index (χ0) is 13.8. The number of hydrogen-bond donors (Lipinski definition) is 1. The van der Waals surface area contributed by atoms with Crippen molar-refractivity contribution in [2.75, 3.05) is 5.73 Å². The quantitative estimate of drug-likeness (QED) is 0.928. The summed E-state index contributed by atoms with van der Waals surface area (Å²) >= 11 is 0. The van der Waals surface area contributed by atoms with Crippen molar-refractivity contribution in [3.63, 3.8) is 0 Å². The SMILES string of the molecule is Nc1nccnc1-c1ccc(OC2CCCCC2)nc1. The summed E-state index contributed by atoms with van der Waals surface area (Å²) in [7, 11) is 0. The monoisotopic (exact) mass is 270 g/mol. The topological polar surface area (TPSA) is 73.9 Å². The van der Waals surface area contributed by atoms with E-state index in [1.807, 2.05) is 12.1 Å². The van der Waals surface area contributed by atoms with E-state index in [1.165, 1.54) is 19.3 Å². The Kier molecular flexibility index (Phi) is 3.76. The molecule has 5 nitrogen and oxygen atoms in total. The van der Waals surface area contributed by atoms with E-state index in [2.05, 4.69) is 15.0 Å². The highest BCUT2D eigenvalue weighted by Gasteiger charge is 2.15. The first kappa shape index (κ1) is 12.8. The Morgan fingerprint density at radius 2 is 1.80 bits per heavy atom. The molecule has 0 aliphatic heterocycles. The number of nitrogens with zero attached hydrogens (tertiary/aromatic N) is 3. The second kappa shape index (κ2) is 5.86. The normalized spacial score (nSPS) is 16.0. The van der Waals surface area contributed by atoms with Crippen LogP contribution >= 0.6 is 0 Å². The average Bonchev–Trinajstić information content (AvgIpc) is 2.50. The number of ether oxygens (including phenoxy) is 1. The molecule has 0 radical (unpaired) electrons. The van der Waals surface area contributed by atoms with E-state index < -0.39 is 0 Å². The predicted molar refractivity (Wildman–Crippen MR) is 77.2 cm³/mol. The highest BCUT2D eigenvalue weighted by Crippen LogP contribution is 2.25. The Morgan fingerprint density at radius 1 is 1.00 bits per heavy atom. The number of rotatable bonds is 3. The van der Waals surface area contributed by atoms with Gasteiger partial charge in [0.2, 0.25) is 5.88 Å². The van der Waals surface area contributed by atoms with Gasteiger partial charge < -0.3 is 10.5 Å². The number of pyridine rings is 1. The van der Waals surface area contributed by atoms with Gasteiger partial charge in [0.15, 0.2) is 0 Å². The lowest BCUT2D eigenvalue weighted by Gasteiger charge is -2.22. The second-order valence-corrected chi connectivity index (χ2v) is 5.05. The van der Waals surface area contributed by atoms with E-state index in [0.717, 1.165) is 18.4 Å². The Labute approximate surface area is 118 Å². The zero-order valence-electron chi connectivity index (χ0n) is 11.3. The smallest absolute Gasteiger partial charge is 0.213 e. The molecule has 1 aliphatic carbocycles. The first-order chi connectivity index (χ1) is 9.83. The highest BCUT2D eigenvalue weighted by atomic mass is 16.5. The molecular formula is C15H18N4O. The summed E-state index contributed by atoms with van der Waals surface area (Å²) in [5.41, 5.74) is 7.32. The van der Waals surface area contributed by atoms with Gasteiger partial charge in [-0.05, 0) is 31.7 Å². The summed E-state index contributed by atoms with van der Waals surface area (Å²) in [6.07, 6.45) is 11.3. The Balaban J connectivity index is 1.73. The lowest BCUT2D eigenvalue weighted by Crippen LogP contribution is -2.20. The van der Waals surface area contributed by atoms with Gasteiger partial charge in [-0.3, -0.25) is 4.98 Å². The Morgan fingerprint density at radius 3 is 2.50 bits per heavy atom. The lowest BCUT2D eigenvalue weighted by molar-refractivity contribution is 0.148. The zero-order valence-corrected chi connectivity index (χ0v) is 11.3. The fourth-order valence-electron chi connectivity index (χ4n) is 2.52. The third-order valence-electron chi connectivity index (χ3n) is 3.58. The van der Waals surface area contributed by atoms with E-state index in [1.54, 1.807) is 18.6 Å². The number of nitrogens with two attached hydrogens (primary N) is 1. The molecule has 1 fully saturated rings. The predicted octanol–water partition coefficient (Wildman–Crippen LogP) is 2.83. The van der Waals surface area contributed by atoms with Crippen molar-refractivity contribution in [1.29, 1.82) is 0 Å². The van der Waals surface area contributed by atoms with Crippen LogP contribution in [0.2, 0.25) is 0 Å². The van der Waals surface area contributed by atoms with Crippen LogP contribution in [0.1, 0.15) is 32.1 Å². The third-order valence-corrected chi connectivity index (χ3v) is 3.58. The highest BCUT2D eigenvalue weighted by molar-refractivity contribution is 5.68. The van der Waals surface area contributed by atoms with Gasteiger partial charge >= 0.3 is 0 Å². The molecule has 3 rings (SSSR count). The van der Waals surface area contributed by atoms with Crippen LogP contribution in [0, 0.1) is 0 Å². The van der Waals surface area contributed by atoms with Crippen LogP contribution in [0.25, 0.3) is 11.3 Å². The maximum atomic E-state index is 5.90. The van der Waals surface area contributed by atoms with E-state index in [0.29, 0.717) is 23.5 Å². The molecule has 104 valence electrons. The maximum Gasteiger partial charge on any atom is 0.213 e. The van der Waals surface area contributed by atoms with Gasteiger partial charge in [-0.1, -0.05) is 6.42 Å². The van der Waals surface area contributed by atoms with E-state index in [9.17, 15) is 0 Å². The largest absolute Gasteiger partial charge is 0.474 e. The van der Waals surface area contributed by atoms with Crippen molar-refractivity contribution in [1.82, 2.24) is 15.0 Å². The van der Waals surface area contributed by atoms with Gasteiger partial charge in [0.25, 0.3) is 0 Å².